The molecule has 0 saturated carbocycles. The summed E-state index contributed by atoms with van der Waals surface area (Å²) in [5, 5.41) is 6.36. The predicted octanol–water partition coefficient (Wildman–Crippen LogP) is 1.73. The first-order chi connectivity index (χ1) is 6.67. The molecule has 0 aliphatic rings. The number of amides is 1. The van der Waals surface area contributed by atoms with Crippen molar-refractivity contribution in [2.75, 3.05) is 5.88 Å². The van der Waals surface area contributed by atoms with Crippen LogP contribution < -0.4 is 5.32 Å². The van der Waals surface area contributed by atoms with Crippen molar-refractivity contribution in [1.29, 1.82) is 0 Å². The number of alkyl halides is 1. The third-order valence-electron chi connectivity index (χ3n) is 1.87. The Balaban J connectivity index is 2.58. The molecule has 4 nitrogen and oxygen atoms in total. The van der Waals surface area contributed by atoms with Gasteiger partial charge in [0.2, 0.25) is 0 Å². The largest absolute Gasteiger partial charge is 0.361 e. The molecule has 0 aliphatic heterocycles. The van der Waals surface area contributed by atoms with E-state index in [2.05, 4.69) is 10.5 Å². The molecule has 1 heterocycles. The molecule has 1 atom stereocenters. The summed E-state index contributed by atoms with van der Waals surface area (Å²) in [4.78, 5) is 11.5. The lowest BCUT2D eigenvalue weighted by atomic mass is 10.2. The number of nitrogens with one attached hydrogen (secondary N) is 1. The number of carbonyl (C=O) groups excluding carboxylic acids is 1. The fourth-order valence-electron chi connectivity index (χ4n) is 0.982. The fourth-order valence-corrected chi connectivity index (χ4v) is 1.28. The highest BCUT2D eigenvalue weighted by Crippen LogP contribution is 2.02. The van der Waals surface area contributed by atoms with Gasteiger partial charge in [-0.1, -0.05) is 12.1 Å². The van der Waals surface area contributed by atoms with Crippen LogP contribution in [0.4, 0.5) is 0 Å². The highest BCUT2D eigenvalue weighted by atomic mass is 35.5. The van der Waals surface area contributed by atoms with E-state index in [1.165, 1.54) is 0 Å². The molecule has 1 rings (SSSR count). The standard InChI is InChI=1S/C9H13ClN2O2/c1-3-7(5-10)11-9(13)8-4-6(2)14-12-8/h4,7H,3,5H2,1-2H3,(H,11,13). The third kappa shape index (κ3) is 2.73. The van der Waals surface area contributed by atoms with Crippen molar-refractivity contribution in [2.45, 2.75) is 26.3 Å². The minimum atomic E-state index is -0.241. The highest BCUT2D eigenvalue weighted by Gasteiger charge is 2.14. The minimum absolute atomic E-state index is 0.0128. The molecule has 0 bridgehead atoms. The minimum Gasteiger partial charge on any atom is -0.361 e. The first kappa shape index (κ1) is 11.0. The van der Waals surface area contributed by atoms with E-state index >= 15 is 0 Å². The topological polar surface area (TPSA) is 55.1 Å². The zero-order chi connectivity index (χ0) is 10.6. The maximum Gasteiger partial charge on any atom is 0.273 e. The third-order valence-corrected chi connectivity index (χ3v) is 2.25. The Morgan fingerprint density at radius 1 is 1.79 bits per heavy atom. The summed E-state index contributed by atoms with van der Waals surface area (Å²) in [6.07, 6.45) is 0.798. The maximum atomic E-state index is 11.5. The predicted molar refractivity (Wildman–Crippen MR) is 53.5 cm³/mol. The number of aryl methyl sites for hydroxylation is 1. The van der Waals surface area contributed by atoms with Gasteiger partial charge in [0.1, 0.15) is 5.76 Å². The Labute approximate surface area is 87.6 Å². The van der Waals surface area contributed by atoms with Crippen molar-refractivity contribution in [3.63, 3.8) is 0 Å². The molecule has 14 heavy (non-hydrogen) atoms. The molecule has 0 spiro atoms. The fraction of sp³-hybridized carbons (Fsp3) is 0.556. The lowest BCUT2D eigenvalue weighted by Crippen LogP contribution is -2.35. The summed E-state index contributed by atoms with van der Waals surface area (Å²) in [5.74, 6) is 0.780. The van der Waals surface area contributed by atoms with Gasteiger partial charge in [-0.3, -0.25) is 4.79 Å². The van der Waals surface area contributed by atoms with Gasteiger partial charge in [0.25, 0.3) is 5.91 Å². The Bertz CT molecular complexity index is 308. The summed E-state index contributed by atoms with van der Waals surface area (Å²) in [6.45, 7) is 3.70. The SMILES string of the molecule is CCC(CCl)NC(=O)c1cc(C)on1. The van der Waals surface area contributed by atoms with Gasteiger partial charge in [-0.2, -0.15) is 0 Å². The van der Waals surface area contributed by atoms with Gasteiger partial charge in [-0.15, -0.1) is 11.6 Å². The summed E-state index contributed by atoms with van der Waals surface area (Å²) in [5.41, 5.74) is 0.297. The maximum absolute atomic E-state index is 11.5. The second kappa shape index (κ2) is 5.00. The van der Waals surface area contributed by atoms with Crippen molar-refractivity contribution >= 4 is 17.5 Å². The van der Waals surface area contributed by atoms with Crippen molar-refractivity contribution in [1.82, 2.24) is 10.5 Å². The lowest BCUT2D eigenvalue weighted by Gasteiger charge is -2.11. The van der Waals surface area contributed by atoms with Crippen molar-refractivity contribution in [2.24, 2.45) is 0 Å². The highest BCUT2D eigenvalue weighted by molar-refractivity contribution is 6.18. The molecule has 1 amide bonds. The van der Waals surface area contributed by atoms with Gasteiger partial charge in [-0.05, 0) is 13.3 Å². The summed E-state index contributed by atoms with van der Waals surface area (Å²) in [7, 11) is 0. The zero-order valence-electron chi connectivity index (χ0n) is 8.21. The number of rotatable bonds is 4. The van der Waals surface area contributed by atoms with E-state index in [0.29, 0.717) is 17.3 Å². The van der Waals surface area contributed by atoms with E-state index in [0.717, 1.165) is 6.42 Å². The van der Waals surface area contributed by atoms with Gasteiger partial charge < -0.3 is 9.84 Å². The Kier molecular flexibility index (Phi) is 3.95. The molecule has 1 aromatic heterocycles. The van der Waals surface area contributed by atoms with E-state index < -0.39 is 0 Å². The number of hydrogen-bond donors (Lipinski definition) is 1. The molecule has 1 unspecified atom stereocenters. The summed E-state index contributed by atoms with van der Waals surface area (Å²) >= 11 is 5.65. The van der Waals surface area contributed by atoms with E-state index in [4.69, 9.17) is 16.1 Å². The molecule has 0 fully saturated rings. The molecule has 78 valence electrons. The Hall–Kier alpha value is -1.03. The number of hydrogen-bond acceptors (Lipinski definition) is 3. The van der Waals surface area contributed by atoms with Gasteiger partial charge in [0, 0.05) is 18.0 Å². The van der Waals surface area contributed by atoms with Crippen LogP contribution in [0.3, 0.4) is 0 Å². The van der Waals surface area contributed by atoms with Gasteiger partial charge in [0.15, 0.2) is 5.69 Å². The number of halogens is 1. The van der Waals surface area contributed by atoms with E-state index in [1.54, 1.807) is 13.0 Å². The normalized spacial score (nSPS) is 12.5. The second-order valence-corrected chi connectivity index (χ2v) is 3.36. The van der Waals surface area contributed by atoms with E-state index in [1.807, 2.05) is 6.92 Å². The smallest absolute Gasteiger partial charge is 0.273 e. The molecular weight excluding hydrogens is 204 g/mol. The van der Waals surface area contributed by atoms with Crippen LogP contribution in [0.1, 0.15) is 29.6 Å². The van der Waals surface area contributed by atoms with E-state index in [-0.39, 0.29) is 11.9 Å². The van der Waals surface area contributed by atoms with Crippen molar-refractivity contribution in [3.05, 3.63) is 17.5 Å². The molecular formula is C9H13ClN2O2. The first-order valence-electron chi connectivity index (χ1n) is 4.47. The van der Waals surface area contributed by atoms with Gasteiger partial charge in [-0.25, -0.2) is 0 Å². The molecule has 0 radical (unpaired) electrons. The van der Waals surface area contributed by atoms with Crippen LogP contribution >= 0.6 is 11.6 Å². The zero-order valence-corrected chi connectivity index (χ0v) is 8.97. The molecule has 0 aliphatic carbocycles. The second-order valence-electron chi connectivity index (χ2n) is 3.06. The van der Waals surface area contributed by atoms with E-state index in [9.17, 15) is 4.79 Å². The van der Waals surface area contributed by atoms with Gasteiger partial charge >= 0.3 is 0 Å². The molecule has 5 heteroatoms. The number of aromatic nitrogens is 1. The molecule has 0 aromatic carbocycles. The van der Waals surface area contributed by atoms with Crippen LogP contribution in [0.15, 0.2) is 10.6 Å². The van der Waals surface area contributed by atoms with Crippen molar-refractivity contribution < 1.29 is 9.32 Å². The van der Waals surface area contributed by atoms with Gasteiger partial charge in [0.05, 0.1) is 0 Å². The number of nitrogens with zero attached hydrogens (tertiary/aromatic N) is 1. The average Bonchev–Trinajstić information content (AvgIpc) is 2.61. The summed E-state index contributed by atoms with van der Waals surface area (Å²) < 4.78 is 4.79. The van der Waals surface area contributed by atoms with Crippen LogP contribution in [0, 0.1) is 6.92 Å². The van der Waals surface area contributed by atoms with Crippen molar-refractivity contribution in [3.8, 4) is 0 Å². The quantitative estimate of drug-likeness (QED) is 0.780. The van der Waals surface area contributed by atoms with Crippen LogP contribution in [0.25, 0.3) is 0 Å². The lowest BCUT2D eigenvalue weighted by molar-refractivity contribution is 0.0930. The van der Waals surface area contributed by atoms with Crippen LogP contribution in [0.5, 0.6) is 0 Å². The summed E-state index contributed by atoms with van der Waals surface area (Å²) in [6, 6.07) is 1.58. The Morgan fingerprint density at radius 2 is 2.50 bits per heavy atom. The Morgan fingerprint density at radius 3 is 2.93 bits per heavy atom. The first-order valence-corrected chi connectivity index (χ1v) is 5.01. The van der Waals surface area contributed by atoms with Crippen LogP contribution in [-0.4, -0.2) is 23.0 Å². The monoisotopic (exact) mass is 216 g/mol. The molecule has 1 N–H and O–H groups in total. The average molecular weight is 217 g/mol. The molecule has 1 aromatic rings. The number of carbonyl (C=O) groups is 1. The molecule has 0 saturated heterocycles. The van der Waals surface area contributed by atoms with Crippen LogP contribution in [0.2, 0.25) is 0 Å². The van der Waals surface area contributed by atoms with Crippen LogP contribution in [-0.2, 0) is 0 Å².